The maximum atomic E-state index is 10.9. The van der Waals surface area contributed by atoms with Crippen LogP contribution in [0, 0.1) is 23.7 Å². The lowest BCUT2D eigenvalue weighted by Crippen LogP contribution is -2.17. The van der Waals surface area contributed by atoms with E-state index in [9.17, 15) is 4.79 Å². The van der Waals surface area contributed by atoms with Crippen molar-refractivity contribution in [1.29, 1.82) is 0 Å². The van der Waals surface area contributed by atoms with Gasteiger partial charge in [0.2, 0.25) is 0 Å². The predicted octanol–water partition coefficient (Wildman–Crippen LogP) is 5.77. The van der Waals surface area contributed by atoms with Crippen LogP contribution in [0.1, 0.15) is 90.4 Å². The number of hydrogen-bond donors (Lipinski definition) is 0. The summed E-state index contributed by atoms with van der Waals surface area (Å²) in [4.78, 5) is 10.9. The van der Waals surface area contributed by atoms with E-state index in [4.69, 9.17) is 0 Å². The second kappa shape index (κ2) is 8.85. The Morgan fingerprint density at radius 1 is 0.850 bits per heavy atom. The summed E-state index contributed by atoms with van der Waals surface area (Å²) in [5.74, 6) is 3.30. The molecule has 0 saturated heterocycles. The zero-order chi connectivity index (χ0) is 14.2. The van der Waals surface area contributed by atoms with Crippen LogP contribution in [0.25, 0.3) is 0 Å². The summed E-state index contributed by atoms with van der Waals surface area (Å²) < 4.78 is 0. The molecule has 2 fully saturated rings. The SMILES string of the molecule is CCC1CCCC(CCCCC2CCCC(C=O)C2)C1. The lowest BCUT2D eigenvalue weighted by atomic mass is 9.77. The number of hydrogen-bond acceptors (Lipinski definition) is 1. The van der Waals surface area contributed by atoms with Gasteiger partial charge in [-0.1, -0.05) is 71.1 Å². The summed E-state index contributed by atoms with van der Waals surface area (Å²) in [7, 11) is 0. The second-order valence-electron chi connectivity index (χ2n) is 7.52. The highest BCUT2D eigenvalue weighted by Crippen LogP contribution is 2.35. The molecule has 0 spiro atoms. The highest BCUT2D eigenvalue weighted by Gasteiger charge is 2.22. The molecule has 0 N–H and O–H groups in total. The first kappa shape index (κ1) is 16.0. The molecular formula is C19H34O. The van der Waals surface area contributed by atoms with E-state index in [0.29, 0.717) is 5.92 Å². The molecule has 2 aliphatic rings. The maximum absolute atomic E-state index is 10.9. The normalized spacial score (nSPS) is 34.9. The Bertz CT molecular complexity index is 273. The zero-order valence-electron chi connectivity index (χ0n) is 13.5. The third-order valence-corrected chi connectivity index (χ3v) is 5.96. The van der Waals surface area contributed by atoms with E-state index in [2.05, 4.69) is 6.92 Å². The summed E-state index contributed by atoms with van der Waals surface area (Å²) in [6, 6.07) is 0. The van der Waals surface area contributed by atoms with Gasteiger partial charge < -0.3 is 4.79 Å². The first-order chi connectivity index (χ1) is 9.81. The number of aldehydes is 1. The van der Waals surface area contributed by atoms with Crippen LogP contribution in [0.3, 0.4) is 0 Å². The molecule has 1 nitrogen and oxygen atoms in total. The van der Waals surface area contributed by atoms with Crippen molar-refractivity contribution in [2.45, 2.75) is 90.4 Å². The smallest absolute Gasteiger partial charge is 0.123 e. The van der Waals surface area contributed by atoms with E-state index in [-0.39, 0.29) is 0 Å². The zero-order valence-corrected chi connectivity index (χ0v) is 13.5. The van der Waals surface area contributed by atoms with Gasteiger partial charge in [0.25, 0.3) is 0 Å². The molecule has 0 radical (unpaired) electrons. The van der Waals surface area contributed by atoms with E-state index in [0.717, 1.165) is 24.2 Å². The fourth-order valence-electron chi connectivity index (χ4n) is 4.62. The van der Waals surface area contributed by atoms with Gasteiger partial charge in [-0.25, -0.2) is 0 Å². The van der Waals surface area contributed by atoms with Gasteiger partial charge in [0.1, 0.15) is 6.29 Å². The Morgan fingerprint density at radius 2 is 1.45 bits per heavy atom. The summed E-state index contributed by atoms with van der Waals surface area (Å²) >= 11 is 0. The first-order valence-corrected chi connectivity index (χ1v) is 9.27. The van der Waals surface area contributed by atoms with Crippen LogP contribution in [0.5, 0.6) is 0 Å². The van der Waals surface area contributed by atoms with Gasteiger partial charge in [0.05, 0.1) is 0 Å². The molecule has 0 aromatic heterocycles. The summed E-state index contributed by atoms with van der Waals surface area (Å²) in [5.41, 5.74) is 0. The summed E-state index contributed by atoms with van der Waals surface area (Å²) in [5, 5.41) is 0. The lowest BCUT2D eigenvalue weighted by molar-refractivity contribution is -0.112. The number of carbonyl (C=O) groups excluding carboxylic acids is 1. The quantitative estimate of drug-likeness (QED) is 0.427. The van der Waals surface area contributed by atoms with Crippen LogP contribution in [-0.4, -0.2) is 6.29 Å². The Morgan fingerprint density at radius 3 is 2.10 bits per heavy atom. The molecule has 4 atom stereocenters. The van der Waals surface area contributed by atoms with Crippen LogP contribution < -0.4 is 0 Å². The third-order valence-electron chi connectivity index (χ3n) is 5.96. The topological polar surface area (TPSA) is 17.1 Å². The summed E-state index contributed by atoms with van der Waals surface area (Å²) in [6.45, 7) is 2.36. The summed E-state index contributed by atoms with van der Waals surface area (Å²) in [6.07, 6.45) is 19.3. The molecule has 0 amide bonds. The van der Waals surface area contributed by atoms with Crippen molar-refractivity contribution in [1.82, 2.24) is 0 Å². The average Bonchev–Trinajstić information content (AvgIpc) is 2.52. The minimum atomic E-state index is 0.386. The van der Waals surface area contributed by atoms with Crippen molar-refractivity contribution < 1.29 is 4.79 Å². The van der Waals surface area contributed by atoms with E-state index < -0.39 is 0 Å². The average molecular weight is 278 g/mol. The molecule has 1 heteroatoms. The van der Waals surface area contributed by atoms with E-state index in [1.807, 2.05) is 0 Å². The predicted molar refractivity (Wildman–Crippen MR) is 85.7 cm³/mol. The fourth-order valence-corrected chi connectivity index (χ4v) is 4.62. The van der Waals surface area contributed by atoms with Crippen LogP contribution >= 0.6 is 0 Å². The van der Waals surface area contributed by atoms with E-state index >= 15 is 0 Å². The molecule has 116 valence electrons. The molecule has 4 unspecified atom stereocenters. The molecule has 0 heterocycles. The van der Waals surface area contributed by atoms with Crippen molar-refractivity contribution in [2.24, 2.45) is 23.7 Å². The Balaban J connectivity index is 1.55. The monoisotopic (exact) mass is 278 g/mol. The van der Waals surface area contributed by atoms with Gasteiger partial charge in [0, 0.05) is 5.92 Å². The highest BCUT2D eigenvalue weighted by molar-refractivity contribution is 5.53. The standard InChI is InChI=1S/C19H34O/c1-2-16-9-5-10-17(13-16)7-3-4-8-18-11-6-12-19(14-18)15-20/h15-19H,2-14H2,1H3. The van der Waals surface area contributed by atoms with Gasteiger partial charge in [-0.15, -0.1) is 0 Å². The van der Waals surface area contributed by atoms with Gasteiger partial charge in [-0.05, 0) is 37.0 Å². The molecule has 0 bridgehead atoms. The van der Waals surface area contributed by atoms with Crippen molar-refractivity contribution in [3.63, 3.8) is 0 Å². The number of carbonyl (C=O) groups is 1. The van der Waals surface area contributed by atoms with E-state index in [1.54, 1.807) is 0 Å². The number of unbranched alkanes of at least 4 members (excludes halogenated alkanes) is 1. The second-order valence-corrected chi connectivity index (χ2v) is 7.52. The molecule has 0 aliphatic heterocycles. The maximum Gasteiger partial charge on any atom is 0.123 e. The molecule has 2 rings (SSSR count). The minimum Gasteiger partial charge on any atom is -0.303 e. The molecule has 2 aliphatic carbocycles. The molecular weight excluding hydrogens is 244 g/mol. The van der Waals surface area contributed by atoms with Gasteiger partial charge in [-0.2, -0.15) is 0 Å². The van der Waals surface area contributed by atoms with Crippen molar-refractivity contribution >= 4 is 6.29 Å². The van der Waals surface area contributed by atoms with Crippen LogP contribution in [-0.2, 0) is 4.79 Å². The first-order valence-electron chi connectivity index (χ1n) is 9.27. The Hall–Kier alpha value is -0.330. The van der Waals surface area contributed by atoms with Gasteiger partial charge in [-0.3, -0.25) is 0 Å². The van der Waals surface area contributed by atoms with Crippen LogP contribution in [0.2, 0.25) is 0 Å². The molecule has 0 aromatic carbocycles. The Labute approximate surface area is 125 Å². The minimum absolute atomic E-state index is 0.386. The van der Waals surface area contributed by atoms with Crippen molar-refractivity contribution in [3.8, 4) is 0 Å². The van der Waals surface area contributed by atoms with Crippen LogP contribution in [0.4, 0.5) is 0 Å². The van der Waals surface area contributed by atoms with Gasteiger partial charge in [0.15, 0.2) is 0 Å². The molecule has 20 heavy (non-hydrogen) atoms. The van der Waals surface area contributed by atoms with Gasteiger partial charge >= 0.3 is 0 Å². The van der Waals surface area contributed by atoms with Crippen LogP contribution in [0.15, 0.2) is 0 Å². The Kier molecular flexibility index (Phi) is 7.10. The van der Waals surface area contributed by atoms with Crippen molar-refractivity contribution in [2.75, 3.05) is 0 Å². The highest BCUT2D eigenvalue weighted by atomic mass is 16.1. The fraction of sp³-hybridized carbons (Fsp3) is 0.947. The van der Waals surface area contributed by atoms with E-state index in [1.165, 1.54) is 83.3 Å². The number of rotatable bonds is 7. The molecule has 0 aromatic rings. The van der Waals surface area contributed by atoms with Crippen molar-refractivity contribution in [3.05, 3.63) is 0 Å². The lowest BCUT2D eigenvalue weighted by Gasteiger charge is -2.29. The third kappa shape index (κ3) is 5.22. The molecule has 2 saturated carbocycles. The largest absolute Gasteiger partial charge is 0.303 e.